The molecule has 0 aliphatic rings. The van der Waals surface area contributed by atoms with E-state index in [9.17, 15) is 4.79 Å². The highest BCUT2D eigenvalue weighted by molar-refractivity contribution is 5.81. The summed E-state index contributed by atoms with van der Waals surface area (Å²) in [6, 6.07) is 0. The van der Waals surface area contributed by atoms with E-state index in [1.807, 2.05) is 6.92 Å². The van der Waals surface area contributed by atoms with Crippen LogP contribution in [0, 0.1) is 5.41 Å². The monoisotopic (exact) mass is 154 g/mol. The third-order valence-corrected chi connectivity index (χ3v) is 1.23. The minimum absolute atomic E-state index is 0.118. The maximum atomic E-state index is 11.2. The van der Waals surface area contributed by atoms with Gasteiger partial charge in [-0.05, 0) is 12.3 Å². The van der Waals surface area contributed by atoms with Crippen LogP contribution in [0.15, 0.2) is 12.2 Å². The van der Waals surface area contributed by atoms with Crippen molar-refractivity contribution in [2.75, 3.05) is 0 Å². The molecule has 0 amide bonds. The van der Waals surface area contributed by atoms with E-state index in [1.165, 1.54) is 0 Å². The number of hydrogen-bond acceptors (Lipinski definition) is 1. The van der Waals surface area contributed by atoms with Gasteiger partial charge in [0.05, 0.1) is 0 Å². The van der Waals surface area contributed by atoms with Crippen molar-refractivity contribution in [1.82, 2.24) is 0 Å². The second-order valence-electron chi connectivity index (χ2n) is 4.41. The van der Waals surface area contributed by atoms with Gasteiger partial charge in [-0.1, -0.05) is 32.9 Å². The van der Waals surface area contributed by atoms with E-state index in [2.05, 4.69) is 27.4 Å². The molecular weight excluding hydrogens is 136 g/mol. The maximum Gasteiger partial charge on any atom is 0.137 e. The van der Waals surface area contributed by atoms with Crippen molar-refractivity contribution in [2.24, 2.45) is 5.41 Å². The molecule has 0 radical (unpaired) electrons. The van der Waals surface area contributed by atoms with Gasteiger partial charge in [0, 0.05) is 12.8 Å². The van der Waals surface area contributed by atoms with Gasteiger partial charge in [-0.3, -0.25) is 4.79 Å². The van der Waals surface area contributed by atoms with Gasteiger partial charge >= 0.3 is 0 Å². The smallest absolute Gasteiger partial charge is 0.137 e. The van der Waals surface area contributed by atoms with E-state index in [-0.39, 0.29) is 5.41 Å². The second-order valence-corrected chi connectivity index (χ2v) is 4.41. The Balaban J connectivity index is 3.80. The molecule has 0 rings (SSSR count). The minimum Gasteiger partial charge on any atom is -0.299 e. The third kappa shape index (κ3) is 7.31. The van der Waals surface area contributed by atoms with Crippen molar-refractivity contribution in [1.29, 1.82) is 0 Å². The SMILES string of the molecule is C=C(C)CC(=O)CC(C)(C)C. The van der Waals surface area contributed by atoms with Crippen LogP contribution in [0.5, 0.6) is 0 Å². The standard InChI is InChI=1S/C10H18O/c1-8(2)6-9(11)7-10(3,4)5/h1,6-7H2,2-5H3. The van der Waals surface area contributed by atoms with Gasteiger partial charge in [0.25, 0.3) is 0 Å². The number of Topliss-reactive ketones (excluding diaryl/α,β-unsaturated/α-hetero) is 1. The largest absolute Gasteiger partial charge is 0.299 e. The van der Waals surface area contributed by atoms with Gasteiger partial charge in [-0.15, -0.1) is 0 Å². The number of ketones is 1. The molecule has 0 aliphatic heterocycles. The first-order valence-electron chi connectivity index (χ1n) is 3.97. The Morgan fingerprint density at radius 3 is 2.09 bits per heavy atom. The fourth-order valence-electron chi connectivity index (χ4n) is 0.991. The molecule has 1 nitrogen and oxygen atoms in total. The maximum absolute atomic E-state index is 11.2. The molecular formula is C10H18O. The van der Waals surface area contributed by atoms with Gasteiger partial charge in [0.2, 0.25) is 0 Å². The molecule has 0 unspecified atom stereocenters. The summed E-state index contributed by atoms with van der Waals surface area (Å²) in [7, 11) is 0. The van der Waals surface area contributed by atoms with Crippen molar-refractivity contribution in [3.05, 3.63) is 12.2 Å². The van der Waals surface area contributed by atoms with Crippen molar-refractivity contribution >= 4 is 5.78 Å². The lowest BCUT2D eigenvalue weighted by atomic mass is 9.88. The minimum atomic E-state index is 0.118. The Morgan fingerprint density at radius 2 is 1.82 bits per heavy atom. The first-order valence-corrected chi connectivity index (χ1v) is 3.97. The molecule has 0 atom stereocenters. The Labute approximate surface area is 69.5 Å². The number of hydrogen-bond donors (Lipinski definition) is 0. The molecule has 0 aromatic heterocycles. The molecule has 0 saturated carbocycles. The quantitative estimate of drug-likeness (QED) is 0.571. The molecule has 0 aromatic carbocycles. The van der Waals surface area contributed by atoms with Crippen LogP contribution < -0.4 is 0 Å². The lowest BCUT2D eigenvalue weighted by molar-refractivity contribution is -0.120. The second kappa shape index (κ2) is 3.70. The lowest BCUT2D eigenvalue weighted by Gasteiger charge is -2.16. The summed E-state index contributed by atoms with van der Waals surface area (Å²) >= 11 is 0. The average molecular weight is 154 g/mol. The number of rotatable bonds is 3. The van der Waals surface area contributed by atoms with Crippen molar-refractivity contribution < 1.29 is 4.79 Å². The van der Waals surface area contributed by atoms with E-state index in [0.29, 0.717) is 18.6 Å². The van der Waals surface area contributed by atoms with Crippen LogP contribution in [0.4, 0.5) is 0 Å². The van der Waals surface area contributed by atoms with Crippen molar-refractivity contribution in [2.45, 2.75) is 40.5 Å². The topological polar surface area (TPSA) is 17.1 Å². The summed E-state index contributed by atoms with van der Waals surface area (Å²) in [5, 5.41) is 0. The normalized spacial score (nSPS) is 11.3. The van der Waals surface area contributed by atoms with Gasteiger partial charge in [-0.2, -0.15) is 0 Å². The average Bonchev–Trinajstić information content (AvgIpc) is 1.53. The van der Waals surface area contributed by atoms with Crippen molar-refractivity contribution in [3.63, 3.8) is 0 Å². The highest BCUT2D eigenvalue weighted by atomic mass is 16.1. The summed E-state index contributed by atoms with van der Waals surface area (Å²) in [6.07, 6.45) is 1.19. The third-order valence-electron chi connectivity index (χ3n) is 1.23. The van der Waals surface area contributed by atoms with Crippen molar-refractivity contribution in [3.8, 4) is 0 Å². The molecule has 0 aromatic rings. The molecule has 0 fully saturated rings. The number of carbonyl (C=O) groups is 1. The van der Waals surface area contributed by atoms with Gasteiger partial charge < -0.3 is 0 Å². The van der Waals surface area contributed by atoms with Crippen LogP contribution in [-0.2, 0) is 4.79 Å². The summed E-state index contributed by atoms with van der Waals surface area (Å²) in [5.74, 6) is 0.296. The number of allylic oxidation sites excluding steroid dienone is 1. The first-order chi connectivity index (χ1) is 4.81. The van der Waals surface area contributed by atoms with Gasteiger partial charge in [0.15, 0.2) is 0 Å². The van der Waals surface area contributed by atoms with Gasteiger partial charge in [-0.25, -0.2) is 0 Å². The number of carbonyl (C=O) groups excluding carboxylic acids is 1. The van der Waals surface area contributed by atoms with Crippen LogP contribution in [0.25, 0.3) is 0 Å². The van der Waals surface area contributed by atoms with E-state index in [1.54, 1.807) is 0 Å². The molecule has 0 aliphatic carbocycles. The van der Waals surface area contributed by atoms with E-state index < -0.39 is 0 Å². The van der Waals surface area contributed by atoms with Crippen LogP contribution in [0.3, 0.4) is 0 Å². The Kier molecular flexibility index (Phi) is 3.50. The zero-order chi connectivity index (χ0) is 9.07. The van der Waals surface area contributed by atoms with Crippen LogP contribution in [-0.4, -0.2) is 5.78 Å². The highest BCUT2D eigenvalue weighted by Crippen LogP contribution is 2.20. The van der Waals surface area contributed by atoms with Gasteiger partial charge in [0.1, 0.15) is 5.78 Å². The highest BCUT2D eigenvalue weighted by Gasteiger charge is 2.15. The van der Waals surface area contributed by atoms with Crippen LogP contribution in [0.1, 0.15) is 40.5 Å². The van der Waals surface area contributed by atoms with E-state index >= 15 is 0 Å². The molecule has 0 heterocycles. The molecule has 11 heavy (non-hydrogen) atoms. The zero-order valence-electron chi connectivity index (χ0n) is 8.03. The summed E-state index contributed by atoms with van der Waals surface area (Å²) in [5.41, 5.74) is 1.08. The molecule has 0 N–H and O–H groups in total. The summed E-state index contributed by atoms with van der Waals surface area (Å²) in [6.45, 7) is 11.8. The molecule has 0 saturated heterocycles. The Bertz CT molecular complexity index is 160. The summed E-state index contributed by atoms with van der Waals surface area (Å²) in [4.78, 5) is 11.2. The lowest BCUT2D eigenvalue weighted by Crippen LogP contribution is -2.12. The molecule has 0 bridgehead atoms. The Hall–Kier alpha value is -0.590. The fraction of sp³-hybridized carbons (Fsp3) is 0.700. The first kappa shape index (κ1) is 10.4. The predicted molar refractivity (Wildman–Crippen MR) is 48.5 cm³/mol. The van der Waals surface area contributed by atoms with E-state index in [0.717, 1.165) is 5.57 Å². The molecule has 0 spiro atoms. The van der Waals surface area contributed by atoms with E-state index in [4.69, 9.17) is 0 Å². The summed E-state index contributed by atoms with van der Waals surface area (Å²) < 4.78 is 0. The molecule has 1 heteroatoms. The van der Waals surface area contributed by atoms with Crippen LogP contribution >= 0.6 is 0 Å². The molecule has 64 valence electrons. The fourth-order valence-corrected chi connectivity index (χ4v) is 0.991. The predicted octanol–water partition coefficient (Wildman–Crippen LogP) is 2.96. The Morgan fingerprint density at radius 1 is 1.36 bits per heavy atom. The van der Waals surface area contributed by atoms with Crippen LogP contribution in [0.2, 0.25) is 0 Å². The zero-order valence-corrected chi connectivity index (χ0v) is 8.03.